The molecular formula is C17H21N5O2. The zero-order valence-corrected chi connectivity index (χ0v) is 13.7. The molecule has 0 aliphatic carbocycles. The molecule has 0 spiro atoms. The highest BCUT2D eigenvalue weighted by Crippen LogP contribution is 2.25. The Morgan fingerprint density at radius 1 is 1.29 bits per heavy atom. The van der Waals surface area contributed by atoms with E-state index < -0.39 is 0 Å². The van der Waals surface area contributed by atoms with Gasteiger partial charge in [0.25, 0.3) is 11.5 Å². The number of rotatable bonds is 4. The maximum absolute atomic E-state index is 12.2. The van der Waals surface area contributed by atoms with Gasteiger partial charge in [-0.25, -0.2) is 9.67 Å². The van der Waals surface area contributed by atoms with Crippen LogP contribution < -0.4 is 16.2 Å². The number of aromatic nitrogens is 3. The molecule has 1 aliphatic rings. The van der Waals surface area contributed by atoms with Gasteiger partial charge in [-0.3, -0.25) is 9.59 Å². The van der Waals surface area contributed by atoms with Crippen LogP contribution >= 0.6 is 0 Å². The van der Waals surface area contributed by atoms with E-state index in [-0.39, 0.29) is 17.2 Å². The van der Waals surface area contributed by atoms with E-state index >= 15 is 0 Å². The predicted molar refractivity (Wildman–Crippen MR) is 91.2 cm³/mol. The third-order valence-corrected chi connectivity index (χ3v) is 4.24. The van der Waals surface area contributed by atoms with Crippen LogP contribution in [0.15, 0.2) is 35.3 Å². The minimum Gasteiger partial charge on any atom is -0.317 e. The first-order chi connectivity index (χ1) is 11.7. The Kier molecular flexibility index (Phi) is 5.00. The molecule has 0 saturated carbocycles. The number of hydrogen-bond acceptors (Lipinski definition) is 5. The Morgan fingerprint density at radius 3 is 2.75 bits per heavy atom. The van der Waals surface area contributed by atoms with E-state index in [2.05, 4.69) is 20.7 Å². The molecule has 7 nitrogen and oxygen atoms in total. The fourth-order valence-corrected chi connectivity index (χ4v) is 2.85. The van der Waals surface area contributed by atoms with Crippen molar-refractivity contribution in [3.8, 4) is 0 Å². The zero-order chi connectivity index (χ0) is 16.9. The Balaban J connectivity index is 1.69. The van der Waals surface area contributed by atoms with Gasteiger partial charge in [-0.1, -0.05) is 6.07 Å². The van der Waals surface area contributed by atoms with Crippen LogP contribution in [0, 0.1) is 0 Å². The molecule has 3 rings (SSSR count). The zero-order valence-electron chi connectivity index (χ0n) is 13.7. The Hall–Kier alpha value is -2.54. The molecule has 0 radical (unpaired) electrons. The van der Waals surface area contributed by atoms with Crippen molar-refractivity contribution in [3.05, 3.63) is 52.1 Å². The number of carbonyl (C=O) groups excluding carboxylic acids is 1. The summed E-state index contributed by atoms with van der Waals surface area (Å²) in [5, 5.41) is 10.1. The van der Waals surface area contributed by atoms with Gasteiger partial charge in [0.05, 0.1) is 0 Å². The van der Waals surface area contributed by atoms with Gasteiger partial charge in [-0.15, -0.1) is 0 Å². The first kappa shape index (κ1) is 16.3. The quantitative estimate of drug-likeness (QED) is 0.885. The monoisotopic (exact) mass is 327 g/mol. The van der Waals surface area contributed by atoms with Crippen LogP contribution in [0.25, 0.3) is 0 Å². The molecule has 1 aliphatic heterocycles. The van der Waals surface area contributed by atoms with Crippen LogP contribution in [0.1, 0.15) is 41.7 Å². The third kappa shape index (κ3) is 3.68. The van der Waals surface area contributed by atoms with E-state index in [1.807, 2.05) is 18.3 Å². The average Bonchev–Trinajstić information content (AvgIpc) is 2.63. The summed E-state index contributed by atoms with van der Waals surface area (Å²) in [4.78, 5) is 28.1. The number of nitrogens with zero attached hydrogens (tertiary/aromatic N) is 3. The molecule has 3 heterocycles. The van der Waals surface area contributed by atoms with Crippen molar-refractivity contribution in [2.75, 3.05) is 18.4 Å². The van der Waals surface area contributed by atoms with Gasteiger partial charge in [-0.05, 0) is 56.5 Å². The summed E-state index contributed by atoms with van der Waals surface area (Å²) in [6.45, 7) is 4.28. The second-order valence-corrected chi connectivity index (χ2v) is 5.83. The number of carbonyl (C=O) groups is 1. The van der Waals surface area contributed by atoms with Gasteiger partial charge in [0.1, 0.15) is 11.5 Å². The molecule has 2 N–H and O–H groups in total. The number of anilines is 1. The lowest BCUT2D eigenvalue weighted by Crippen LogP contribution is -2.26. The molecule has 0 bridgehead atoms. The molecule has 0 atom stereocenters. The molecule has 2 aromatic heterocycles. The molecule has 2 aromatic rings. The van der Waals surface area contributed by atoms with E-state index in [0.717, 1.165) is 25.9 Å². The van der Waals surface area contributed by atoms with Crippen molar-refractivity contribution < 1.29 is 4.79 Å². The highest BCUT2D eigenvalue weighted by atomic mass is 16.2. The first-order valence-electron chi connectivity index (χ1n) is 8.23. The van der Waals surface area contributed by atoms with Crippen LogP contribution in [0.3, 0.4) is 0 Å². The van der Waals surface area contributed by atoms with Crippen molar-refractivity contribution in [2.24, 2.45) is 0 Å². The lowest BCUT2D eigenvalue weighted by atomic mass is 9.91. The van der Waals surface area contributed by atoms with Gasteiger partial charge in [0.15, 0.2) is 0 Å². The molecular weight excluding hydrogens is 306 g/mol. The van der Waals surface area contributed by atoms with Crippen molar-refractivity contribution in [2.45, 2.75) is 32.2 Å². The minimum atomic E-state index is -0.376. The van der Waals surface area contributed by atoms with Crippen LogP contribution in [0.4, 0.5) is 5.82 Å². The number of piperidine rings is 1. The van der Waals surface area contributed by atoms with Crippen molar-refractivity contribution in [1.82, 2.24) is 20.1 Å². The fraction of sp³-hybridized carbons (Fsp3) is 0.412. The normalized spacial score (nSPS) is 15.2. The van der Waals surface area contributed by atoms with E-state index in [9.17, 15) is 9.59 Å². The molecule has 1 amide bonds. The number of aryl methyl sites for hydroxylation is 1. The van der Waals surface area contributed by atoms with Gasteiger partial charge >= 0.3 is 0 Å². The number of pyridine rings is 1. The van der Waals surface area contributed by atoms with Crippen molar-refractivity contribution >= 4 is 11.7 Å². The Morgan fingerprint density at radius 2 is 2.08 bits per heavy atom. The standard InChI is InChI=1S/C17H21N5O2/c1-2-22-16(23)6-4-14(21-22)17(24)20-15-5-3-13(11-19-15)12-7-9-18-10-8-12/h3-6,11-12,18H,2,7-10H2,1H3,(H,19,20,24). The highest BCUT2D eigenvalue weighted by Gasteiger charge is 2.16. The third-order valence-electron chi connectivity index (χ3n) is 4.24. The van der Waals surface area contributed by atoms with Crippen LogP contribution in [0.2, 0.25) is 0 Å². The lowest BCUT2D eigenvalue weighted by molar-refractivity contribution is 0.101. The molecule has 0 aromatic carbocycles. The number of nitrogens with one attached hydrogen (secondary N) is 2. The lowest BCUT2D eigenvalue weighted by Gasteiger charge is -2.22. The number of amides is 1. The average molecular weight is 327 g/mol. The van der Waals surface area contributed by atoms with Crippen LogP contribution in [0.5, 0.6) is 0 Å². The summed E-state index contributed by atoms with van der Waals surface area (Å²) in [6, 6.07) is 6.59. The van der Waals surface area contributed by atoms with Gasteiger partial charge < -0.3 is 10.6 Å². The summed E-state index contributed by atoms with van der Waals surface area (Å²) in [6.07, 6.45) is 4.04. The maximum atomic E-state index is 12.2. The van der Waals surface area contributed by atoms with Crippen LogP contribution in [-0.4, -0.2) is 33.8 Å². The summed E-state index contributed by atoms with van der Waals surface area (Å²) in [5.74, 6) is 0.631. The molecule has 0 unspecified atom stereocenters. The SMILES string of the molecule is CCn1nc(C(=O)Nc2ccc(C3CCNCC3)cn2)ccc1=O. The summed E-state index contributed by atoms with van der Waals surface area (Å²) < 4.78 is 1.25. The topological polar surface area (TPSA) is 88.9 Å². The molecule has 24 heavy (non-hydrogen) atoms. The second kappa shape index (κ2) is 7.35. The van der Waals surface area contributed by atoms with E-state index in [0.29, 0.717) is 18.3 Å². The van der Waals surface area contributed by atoms with Gasteiger partial charge in [-0.2, -0.15) is 5.10 Å². The summed E-state index contributed by atoms with van der Waals surface area (Å²) in [5.41, 5.74) is 1.17. The van der Waals surface area contributed by atoms with Crippen molar-refractivity contribution in [1.29, 1.82) is 0 Å². The smallest absolute Gasteiger partial charge is 0.277 e. The predicted octanol–water partition coefficient (Wildman–Crippen LogP) is 1.38. The van der Waals surface area contributed by atoms with E-state index in [1.54, 1.807) is 6.92 Å². The molecule has 126 valence electrons. The Bertz CT molecular complexity index is 763. The molecule has 1 fully saturated rings. The minimum absolute atomic E-state index is 0.195. The second-order valence-electron chi connectivity index (χ2n) is 5.83. The maximum Gasteiger partial charge on any atom is 0.277 e. The largest absolute Gasteiger partial charge is 0.317 e. The first-order valence-corrected chi connectivity index (χ1v) is 8.23. The Labute approximate surface area is 140 Å². The summed E-state index contributed by atoms with van der Waals surface area (Å²) in [7, 11) is 0. The molecule has 7 heteroatoms. The summed E-state index contributed by atoms with van der Waals surface area (Å²) >= 11 is 0. The van der Waals surface area contributed by atoms with E-state index in [4.69, 9.17) is 0 Å². The van der Waals surface area contributed by atoms with Crippen LogP contribution in [-0.2, 0) is 6.54 Å². The van der Waals surface area contributed by atoms with E-state index in [1.165, 1.54) is 22.4 Å². The van der Waals surface area contributed by atoms with Crippen molar-refractivity contribution in [3.63, 3.8) is 0 Å². The molecule has 1 saturated heterocycles. The highest BCUT2D eigenvalue weighted by molar-refractivity contribution is 6.02. The van der Waals surface area contributed by atoms with Gasteiger partial charge in [0.2, 0.25) is 0 Å². The van der Waals surface area contributed by atoms with Gasteiger partial charge in [0, 0.05) is 18.8 Å². The number of hydrogen-bond donors (Lipinski definition) is 2. The fourth-order valence-electron chi connectivity index (χ4n) is 2.85.